The Hall–Kier alpha value is -2.47. The molecule has 2 aliphatic rings. The van der Waals surface area contributed by atoms with Crippen molar-refractivity contribution in [3.63, 3.8) is 0 Å². The van der Waals surface area contributed by atoms with E-state index < -0.39 is 0 Å². The smallest absolute Gasteiger partial charge is 0.264 e. The second-order valence-electron chi connectivity index (χ2n) is 8.30. The topological polar surface area (TPSA) is 32.8 Å². The maximum atomic E-state index is 13.0. The number of nitrogens with zero attached hydrogens (tertiary/aromatic N) is 2. The lowest BCUT2D eigenvalue weighted by Gasteiger charge is -2.56. The van der Waals surface area contributed by atoms with E-state index in [9.17, 15) is 4.79 Å². The number of aryl methyl sites for hydroxylation is 1. The molecule has 3 aromatic rings. The summed E-state index contributed by atoms with van der Waals surface area (Å²) in [5, 5.41) is 0. The summed E-state index contributed by atoms with van der Waals surface area (Å²) >= 11 is 1.57. The second kappa shape index (κ2) is 7.99. The van der Waals surface area contributed by atoms with Gasteiger partial charge in [0.1, 0.15) is 5.60 Å². The summed E-state index contributed by atoms with van der Waals surface area (Å²) in [5.41, 5.74) is 2.31. The Morgan fingerprint density at radius 2 is 1.57 bits per heavy atom. The Labute approximate surface area is 181 Å². The van der Waals surface area contributed by atoms with Crippen LogP contribution in [0.3, 0.4) is 0 Å². The van der Waals surface area contributed by atoms with Crippen molar-refractivity contribution in [3.8, 4) is 0 Å². The number of likely N-dealkylation sites (tertiary alicyclic amines) is 1. The number of thiophene rings is 1. The Morgan fingerprint density at radius 3 is 2.13 bits per heavy atom. The van der Waals surface area contributed by atoms with E-state index >= 15 is 0 Å². The standard InChI is InChI=1S/C25H26N2O2S/c1-19-12-13-22(30-19)24(28)26-14-15-29-25(16-26)17-27(18-25)23(20-8-4-2-5-9-20)21-10-6-3-7-11-21/h2-13,23H,14-18H2,1H3. The van der Waals surface area contributed by atoms with Crippen LogP contribution in [-0.4, -0.2) is 54.1 Å². The van der Waals surface area contributed by atoms with Crippen LogP contribution in [0.4, 0.5) is 0 Å². The Bertz CT molecular complexity index is 972. The molecule has 5 rings (SSSR count). The minimum absolute atomic E-state index is 0.136. The van der Waals surface area contributed by atoms with Gasteiger partial charge < -0.3 is 9.64 Å². The molecule has 2 saturated heterocycles. The highest BCUT2D eigenvalue weighted by molar-refractivity contribution is 7.13. The van der Waals surface area contributed by atoms with Crippen molar-refractivity contribution in [2.75, 3.05) is 32.8 Å². The second-order valence-corrected chi connectivity index (χ2v) is 9.59. The maximum Gasteiger partial charge on any atom is 0.264 e. The van der Waals surface area contributed by atoms with Gasteiger partial charge >= 0.3 is 0 Å². The zero-order valence-electron chi connectivity index (χ0n) is 17.2. The fraction of sp³-hybridized carbons (Fsp3) is 0.320. The molecule has 0 atom stereocenters. The minimum atomic E-state index is -0.262. The number of morpholine rings is 1. The first kappa shape index (κ1) is 19.5. The molecule has 5 heteroatoms. The van der Waals surface area contributed by atoms with Gasteiger partial charge in [0.15, 0.2) is 0 Å². The first-order valence-electron chi connectivity index (χ1n) is 10.5. The number of ether oxygens (including phenoxy) is 1. The number of amides is 1. The SMILES string of the molecule is Cc1ccc(C(=O)N2CCOC3(C2)CN(C(c2ccccc2)c2ccccc2)C3)s1. The predicted molar refractivity (Wildman–Crippen MR) is 120 cm³/mol. The Balaban J connectivity index is 1.33. The lowest BCUT2D eigenvalue weighted by Crippen LogP contribution is -2.71. The van der Waals surface area contributed by atoms with Gasteiger partial charge in [-0.3, -0.25) is 9.69 Å². The van der Waals surface area contributed by atoms with Crippen molar-refractivity contribution in [2.24, 2.45) is 0 Å². The number of hydrogen-bond acceptors (Lipinski definition) is 4. The zero-order chi connectivity index (χ0) is 20.6. The molecule has 0 radical (unpaired) electrons. The summed E-state index contributed by atoms with van der Waals surface area (Å²) < 4.78 is 6.24. The molecule has 2 fully saturated rings. The normalized spacial score (nSPS) is 18.5. The van der Waals surface area contributed by atoms with Gasteiger partial charge in [0.05, 0.1) is 24.1 Å². The quantitative estimate of drug-likeness (QED) is 0.631. The minimum Gasteiger partial charge on any atom is -0.369 e. The van der Waals surface area contributed by atoms with Crippen LogP contribution in [0, 0.1) is 6.92 Å². The van der Waals surface area contributed by atoms with Crippen molar-refractivity contribution >= 4 is 17.2 Å². The molecule has 154 valence electrons. The fourth-order valence-electron chi connectivity index (χ4n) is 4.68. The highest BCUT2D eigenvalue weighted by Crippen LogP contribution is 2.39. The summed E-state index contributed by atoms with van der Waals surface area (Å²) in [6, 6.07) is 25.4. The van der Waals surface area contributed by atoms with E-state index in [-0.39, 0.29) is 17.6 Å². The Morgan fingerprint density at radius 1 is 0.933 bits per heavy atom. The van der Waals surface area contributed by atoms with E-state index in [0.717, 1.165) is 18.0 Å². The van der Waals surface area contributed by atoms with Gasteiger partial charge in [-0.05, 0) is 30.2 Å². The van der Waals surface area contributed by atoms with Gasteiger partial charge in [0.25, 0.3) is 5.91 Å². The molecular weight excluding hydrogens is 392 g/mol. The molecule has 30 heavy (non-hydrogen) atoms. The summed E-state index contributed by atoms with van der Waals surface area (Å²) in [4.78, 5) is 19.4. The van der Waals surface area contributed by atoms with Gasteiger partial charge in [0, 0.05) is 24.5 Å². The summed E-state index contributed by atoms with van der Waals surface area (Å²) in [6.07, 6.45) is 0. The van der Waals surface area contributed by atoms with Gasteiger partial charge in [-0.25, -0.2) is 0 Å². The molecule has 1 amide bonds. The first-order chi connectivity index (χ1) is 14.6. The van der Waals surface area contributed by atoms with Crippen molar-refractivity contribution in [1.29, 1.82) is 0 Å². The summed E-state index contributed by atoms with van der Waals surface area (Å²) in [7, 11) is 0. The highest BCUT2D eigenvalue weighted by atomic mass is 32.1. The molecular formula is C25H26N2O2S. The molecule has 2 aliphatic heterocycles. The molecule has 0 aliphatic carbocycles. The monoisotopic (exact) mass is 418 g/mol. The van der Waals surface area contributed by atoms with Crippen molar-refractivity contribution in [2.45, 2.75) is 18.6 Å². The van der Waals surface area contributed by atoms with E-state index in [2.05, 4.69) is 65.6 Å². The number of rotatable bonds is 4. The van der Waals surface area contributed by atoms with E-state index in [1.54, 1.807) is 11.3 Å². The van der Waals surface area contributed by atoms with Crippen LogP contribution in [0.15, 0.2) is 72.8 Å². The molecule has 3 heterocycles. The van der Waals surface area contributed by atoms with Crippen LogP contribution in [0.2, 0.25) is 0 Å². The largest absolute Gasteiger partial charge is 0.369 e. The van der Waals surface area contributed by atoms with Crippen molar-refractivity contribution in [1.82, 2.24) is 9.80 Å². The van der Waals surface area contributed by atoms with Gasteiger partial charge in [-0.2, -0.15) is 0 Å². The van der Waals surface area contributed by atoms with E-state index in [1.165, 1.54) is 16.0 Å². The molecule has 0 N–H and O–H groups in total. The Kier molecular flexibility index (Phi) is 5.19. The van der Waals surface area contributed by atoms with Crippen LogP contribution in [0.25, 0.3) is 0 Å². The molecule has 1 spiro atoms. The molecule has 2 aromatic carbocycles. The van der Waals surface area contributed by atoms with Crippen LogP contribution in [0.5, 0.6) is 0 Å². The first-order valence-corrected chi connectivity index (χ1v) is 11.3. The van der Waals surface area contributed by atoms with E-state index in [1.807, 2.05) is 24.0 Å². The highest BCUT2D eigenvalue weighted by Gasteiger charge is 2.50. The van der Waals surface area contributed by atoms with Gasteiger partial charge in [-0.15, -0.1) is 11.3 Å². The fourth-order valence-corrected chi connectivity index (χ4v) is 5.51. The molecule has 0 unspecified atom stereocenters. The summed E-state index contributed by atoms with van der Waals surface area (Å²) in [5.74, 6) is 0.136. The maximum absolute atomic E-state index is 13.0. The lowest BCUT2D eigenvalue weighted by atomic mass is 9.86. The average molecular weight is 419 g/mol. The van der Waals surface area contributed by atoms with Gasteiger partial charge in [0.2, 0.25) is 0 Å². The summed E-state index contributed by atoms with van der Waals surface area (Å²) in [6.45, 7) is 5.63. The number of carbonyl (C=O) groups excluding carboxylic acids is 1. The number of hydrogen-bond donors (Lipinski definition) is 0. The lowest BCUT2D eigenvalue weighted by molar-refractivity contribution is -0.183. The van der Waals surface area contributed by atoms with Crippen LogP contribution >= 0.6 is 11.3 Å². The molecule has 1 aromatic heterocycles. The average Bonchev–Trinajstić information content (AvgIpc) is 3.20. The number of carbonyl (C=O) groups is 1. The van der Waals surface area contributed by atoms with Gasteiger partial charge in [-0.1, -0.05) is 60.7 Å². The third-order valence-electron chi connectivity index (χ3n) is 6.07. The third-order valence-corrected chi connectivity index (χ3v) is 7.05. The molecule has 4 nitrogen and oxygen atoms in total. The van der Waals surface area contributed by atoms with Crippen molar-refractivity contribution in [3.05, 3.63) is 93.7 Å². The molecule has 0 saturated carbocycles. The van der Waals surface area contributed by atoms with E-state index in [0.29, 0.717) is 19.7 Å². The van der Waals surface area contributed by atoms with Crippen molar-refractivity contribution < 1.29 is 9.53 Å². The van der Waals surface area contributed by atoms with Crippen LogP contribution in [-0.2, 0) is 4.74 Å². The predicted octanol–water partition coefficient (Wildman–Crippen LogP) is 4.37. The number of benzene rings is 2. The van der Waals surface area contributed by atoms with E-state index in [4.69, 9.17) is 4.74 Å². The van der Waals surface area contributed by atoms with Crippen LogP contribution < -0.4 is 0 Å². The third kappa shape index (κ3) is 3.69. The zero-order valence-corrected chi connectivity index (χ0v) is 18.0. The molecule has 0 bridgehead atoms. The van der Waals surface area contributed by atoms with Crippen LogP contribution in [0.1, 0.15) is 31.7 Å².